The standard InChI is InChI=1S/C20H26N6S2/c1-13-11-17(28-25-13)23-20-22-16-7-10-27-18(16)19(24-20)21-15-5-3-14(4-6-15)12-26-8-2-9-26/h7,10-11,14-15H,2-6,8-9,12H2,1H3,(H2,21,22,23,24)/t14-,15-. The topological polar surface area (TPSA) is 66.0 Å². The molecule has 1 aliphatic carbocycles. The first-order valence-electron chi connectivity index (χ1n) is 10.2. The molecule has 3 aromatic rings. The van der Waals surface area contributed by atoms with E-state index < -0.39 is 0 Å². The predicted molar refractivity (Wildman–Crippen MR) is 118 cm³/mol. The Morgan fingerprint density at radius 2 is 2.04 bits per heavy atom. The summed E-state index contributed by atoms with van der Waals surface area (Å²) in [4.78, 5) is 12.1. The lowest BCUT2D eigenvalue weighted by atomic mass is 9.85. The van der Waals surface area contributed by atoms with Crippen LogP contribution in [-0.2, 0) is 0 Å². The van der Waals surface area contributed by atoms with Gasteiger partial charge in [-0.1, -0.05) is 0 Å². The van der Waals surface area contributed by atoms with Crippen molar-refractivity contribution in [1.29, 1.82) is 0 Å². The van der Waals surface area contributed by atoms with Crippen molar-refractivity contribution in [2.75, 3.05) is 30.3 Å². The highest BCUT2D eigenvalue weighted by molar-refractivity contribution is 7.17. The summed E-state index contributed by atoms with van der Waals surface area (Å²) < 4.78 is 5.47. The summed E-state index contributed by atoms with van der Waals surface area (Å²) in [7, 11) is 0. The molecule has 0 unspecified atom stereocenters. The van der Waals surface area contributed by atoms with Gasteiger partial charge >= 0.3 is 0 Å². The Bertz CT molecular complexity index is 939. The van der Waals surface area contributed by atoms with Crippen LogP contribution in [0.4, 0.5) is 16.8 Å². The van der Waals surface area contributed by atoms with Gasteiger partial charge in [-0.2, -0.15) is 9.36 Å². The number of fused-ring (bicyclic) bond motifs is 1. The van der Waals surface area contributed by atoms with Crippen molar-refractivity contribution in [3.05, 3.63) is 23.2 Å². The lowest BCUT2D eigenvalue weighted by Gasteiger charge is -2.37. The highest BCUT2D eigenvalue weighted by atomic mass is 32.1. The second-order valence-electron chi connectivity index (χ2n) is 8.00. The Balaban J connectivity index is 1.27. The first kappa shape index (κ1) is 18.3. The zero-order valence-corrected chi connectivity index (χ0v) is 17.8. The third kappa shape index (κ3) is 3.99. The molecule has 5 rings (SSSR count). The van der Waals surface area contributed by atoms with Crippen LogP contribution in [-0.4, -0.2) is 44.9 Å². The van der Waals surface area contributed by atoms with Crippen molar-refractivity contribution in [1.82, 2.24) is 19.2 Å². The van der Waals surface area contributed by atoms with Crippen molar-refractivity contribution in [2.45, 2.75) is 45.1 Å². The van der Waals surface area contributed by atoms with E-state index in [9.17, 15) is 0 Å². The van der Waals surface area contributed by atoms with Crippen LogP contribution >= 0.6 is 22.9 Å². The predicted octanol–water partition coefficient (Wildman–Crippen LogP) is 4.88. The normalized spacial score (nSPS) is 22.9. The van der Waals surface area contributed by atoms with Gasteiger partial charge in [-0.15, -0.1) is 11.3 Å². The van der Waals surface area contributed by atoms with Crippen LogP contribution in [0.3, 0.4) is 0 Å². The van der Waals surface area contributed by atoms with E-state index in [1.807, 2.05) is 13.0 Å². The number of thiophene rings is 1. The maximum atomic E-state index is 4.81. The fourth-order valence-corrected chi connectivity index (χ4v) is 5.60. The maximum Gasteiger partial charge on any atom is 0.230 e. The molecule has 1 aliphatic heterocycles. The zero-order chi connectivity index (χ0) is 18.9. The van der Waals surface area contributed by atoms with E-state index in [1.54, 1.807) is 11.3 Å². The van der Waals surface area contributed by atoms with E-state index >= 15 is 0 Å². The fraction of sp³-hybridized carbons (Fsp3) is 0.550. The summed E-state index contributed by atoms with van der Waals surface area (Å²) >= 11 is 3.15. The van der Waals surface area contributed by atoms with Gasteiger partial charge in [0.25, 0.3) is 0 Å². The summed E-state index contributed by atoms with van der Waals surface area (Å²) in [5.74, 6) is 2.48. The van der Waals surface area contributed by atoms with Gasteiger partial charge in [0, 0.05) is 12.6 Å². The second-order valence-corrected chi connectivity index (χ2v) is 9.73. The van der Waals surface area contributed by atoms with E-state index in [-0.39, 0.29) is 0 Å². The summed E-state index contributed by atoms with van der Waals surface area (Å²) in [5.41, 5.74) is 2.01. The number of hydrogen-bond acceptors (Lipinski definition) is 8. The monoisotopic (exact) mass is 414 g/mol. The molecule has 0 spiro atoms. The molecule has 4 heterocycles. The summed E-state index contributed by atoms with van der Waals surface area (Å²) in [6.45, 7) is 5.92. The molecule has 8 heteroatoms. The van der Waals surface area contributed by atoms with Crippen LogP contribution in [0.15, 0.2) is 17.5 Å². The number of aromatic nitrogens is 3. The number of hydrogen-bond donors (Lipinski definition) is 2. The van der Waals surface area contributed by atoms with Gasteiger partial charge in [0.15, 0.2) is 0 Å². The molecule has 1 saturated carbocycles. The van der Waals surface area contributed by atoms with Gasteiger partial charge in [0.05, 0.1) is 15.9 Å². The van der Waals surface area contributed by atoms with Crippen LogP contribution in [0.2, 0.25) is 0 Å². The van der Waals surface area contributed by atoms with Crippen molar-refractivity contribution < 1.29 is 0 Å². The third-order valence-electron chi connectivity index (χ3n) is 5.82. The first-order chi connectivity index (χ1) is 13.7. The van der Waals surface area contributed by atoms with Crippen molar-refractivity contribution in [3.63, 3.8) is 0 Å². The van der Waals surface area contributed by atoms with Gasteiger partial charge in [0.2, 0.25) is 5.95 Å². The summed E-state index contributed by atoms with van der Waals surface area (Å²) in [5, 5.41) is 10.1. The highest BCUT2D eigenvalue weighted by Crippen LogP contribution is 2.33. The molecule has 148 valence electrons. The first-order valence-corrected chi connectivity index (χ1v) is 11.8. The minimum Gasteiger partial charge on any atom is -0.366 e. The van der Waals surface area contributed by atoms with E-state index in [1.165, 1.54) is 63.3 Å². The Morgan fingerprint density at radius 3 is 2.75 bits per heavy atom. The van der Waals surface area contributed by atoms with Crippen LogP contribution in [0.25, 0.3) is 10.2 Å². The summed E-state index contributed by atoms with van der Waals surface area (Å²) in [6.07, 6.45) is 6.48. The highest BCUT2D eigenvalue weighted by Gasteiger charge is 2.25. The van der Waals surface area contributed by atoms with Crippen LogP contribution < -0.4 is 10.6 Å². The molecule has 0 atom stereocenters. The van der Waals surface area contributed by atoms with E-state index in [4.69, 9.17) is 4.98 Å². The number of aryl methyl sites for hydroxylation is 1. The molecule has 2 N–H and O–H groups in total. The third-order valence-corrected chi connectivity index (χ3v) is 7.53. The number of rotatable bonds is 6. The van der Waals surface area contributed by atoms with E-state index in [2.05, 4.69) is 36.3 Å². The SMILES string of the molecule is Cc1cc(Nc2nc(N[C@H]3CC[C@H](CN4CCC4)CC3)c3sccc3n2)sn1. The smallest absolute Gasteiger partial charge is 0.230 e. The molecule has 0 amide bonds. The Labute approximate surface area is 173 Å². The van der Waals surface area contributed by atoms with Crippen molar-refractivity contribution in [2.24, 2.45) is 5.92 Å². The van der Waals surface area contributed by atoms with E-state index in [0.29, 0.717) is 12.0 Å². The second kappa shape index (κ2) is 7.93. The molecule has 1 saturated heterocycles. The molecule has 2 aliphatic rings. The lowest BCUT2D eigenvalue weighted by molar-refractivity contribution is 0.134. The van der Waals surface area contributed by atoms with Crippen LogP contribution in [0, 0.1) is 12.8 Å². The summed E-state index contributed by atoms with van der Waals surface area (Å²) in [6, 6.07) is 4.60. The molecule has 3 aromatic heterocycles. The average Bonchev–Trinajstić information content (AvgIpc) is 3.28. The minimum absolute atomic E-state index is 0.506. The molecule has 0 aromatic carbocycles. The van der Waals surface area contributed by atoms with Gasteiger partial charge < -0.3 is 15.5 Å². The largest absolute Gasteiger partial charge is 0.366 e. The number of nitrogens with zero attached hydrogens (tertiary/aromatic N) is 4. The van der Waals surface area contributed by atoms with Crippen molar-refractivity contribution in [3.8, 4) is 0 Å². The molecular formula is C20H26N6S2. The van der Waals surface area contributed by atoms with Crippen LogP contribution in [0.1, 0.15) is 37.8 Å². The van der Waals surface area contributed by atoms with E-state index in [0.717, 1.165) is 32.6 Å². The van der Waals surface area contributed by atoms with Crippen LogP contribution in [0.5, 0.6) is 0 Å². The molecule has 0 radical (unpaired) electrons. The number of anilines is 3. The Hall–Kier alpha value is -1.77. The quantitative estimate of drug-likeness (QED) is 0.599. The Morgan fingerprint density at radius 1 is 1.18 bits per heavy atom. The number of likely N-dealkylation sites (tertiary alicyclic amines) is 1. The molecule has 0 bridgehead atoms. The lowest BCUT2D eigenvalue weighted by Crippen LogP contribution is -2.41. The maximum absolute atomic E-state index is 4.81. The molecular weight excluding hydrogens is 388 g/mol. The fourth-order valence-electron chi connectivity index (χ4n) is 4.16. The van der Waals surface area contributed by atoms with Gasteiger partial charge in [0.1, 0.15) is 10.8 Å². The van der Waals surface area contributed by atoms with Gasteiger partial charge in [-0.3, -0.25) is 0 Å². The van der Waals surface area contributed by atoms with Gasteiger partial charge in [-0.05, 0) is 87.1 Å². The number of nitrogens with one attached hydrogen (secondary N) is 2. The molecule has 28 heavy (non-hydrogen) atoms. The average molecular weight is 415 g/mol. The van der Waals surface area contributed by atoms with Gasteiger partial charge in [-0.25, -0.2) is 4.98 Å². The zero-order valence-electron chi connectivity index (χ0n) is 16.1. The molecule has 2 fully saturated rings. The molecule has 6 nitrogen and oxygen atoms in total. The van der Waals surface area contributed by atoms with Crippen molar-refractivity contribution >= 4 is 49.9 Å². The minimum atomic E-state index is 0.506. The Kier molecular flexibility index (Phi) is 5.17.